The lowest BCUT2D eigenvalue weighted by Crippen LogP contribution is -2.28. The molecule has 0 bridgehead atoms. The van der Waals surface area contributed by atoms with E-state index >= 15 is 0 Å². The van der Waals surface area contributed by atoms with Crippen LogP contribution in [0.1, 0.15) is 22.3 Å². The van der Waals surface area contributed by atoms with E-state index in [1.165, 1.54) is 6.08 Å². The summed E-state index contributed by atoms with van der Waals surface area (Å²) in [5, 5.41) is -0.529. The molecule has 10 heteroatoms. The average molecular weight is 385 g/mol. The molecule has 1 aromatic rings. The van der Waals surface area contributed by atoms with Crippen LogP contribution in [-0.2, 0) is 10.1 Å². The van der Waals surface area contributed by atoms with Crippen LogP contribution in [0.3, 0.4) is 0 Å². The Morgan fingerprint density at radius 2 is 1.96 bits per heavy atom. The molecule has 1 aromatic carbocycles. The van der Waals surface area contributed by atoms with Gasteiger partial charge in [-0.25, -0.2) is 4.39 Å². The standard InChI is InChI=1S/C14H9ClF4O4S/c15-10-2-3-11(12(16)6-10)8-1-4-13(9(5-8)7-20)23-24(21,22)14(17,18)19/h1,3-7,10H,2H2. The Labute approximate surface area is 139 Å². The molecule has 0 amide bonds. The number of carbonyl (C=O) groups excluding carboxylic acids is 1. The maximum Gasteiger partial charge on any atom is 0.534 e. The molecule has 0 saturated carbocycles. The van der Waals surface area contributed by atoms with E-state index in [1.54, 1.807) is 0 Å². The van der Waals surface area contributed by atoms with Gasteiger partial charge in [0.05, 0.1) is 10.9 Å². The van der Waals surface area contributed by atoms with E-state index in [0.29, 0.717) is 6.42 Å². The van der Waals surface area contributed by atoms with E-state index in [4.69, 9.17) is 11.6 Å². The number of hydrogen-bond donors (Lipinski definition) is 0. The van der Waals surface area contributed by atoms with Crippen molar-refractivity contribution in [3.8, 4) is 5.75 Å². The highest BCUT2D eigenvalue weighted by molar-refractivity contribution is 7.88. The minimum absolute atomic E-state index is 0.0974. The van der Waals surface area contributed by atoms with Gasteiger partial charge in [0.15, 0.2) is 12.0 Å². The number of alkyl halides is 4. The molecule has 0 aromatic heterocycles. The minimum atomic E-state index is -5.92. The molecule has 0 aliphatic heterocycles. The molecular weight excluding hydrogens is 376 g/mol. The van der Waals surface area contributed by atoms with Gasteiger partial charge in [-0.05, 0) is 30.2 Å². The first kappa shape index (κ1) is 18.5. The van der Waals surface area contributed by atoms with Crippen LogP contribution in [-0.4, -0.2) is 25.6 Å². The lowest BCUT2D eigenvalue weighted by molar-refractivity contribution is -0.0500. The van der Waals surface area contributed by atoms with Crippen molar-refractivity contribution in [2.24, 2.45) is 0 Å². The summed E-state index contributed by atoms with van der Waals surface area (Å²) in [6.45, 7) is 0. The van der Waals surface area contributed by atoms with E-state index in [0.717, 1.165) is 24.3 Å². The van der Waals surface area contributed by atoms with Crippen molar-refractivity contribution in [1.29, 1.82) is 0 Å². The van der Waals surface area contributed by atoms with Crippen molar-refractivity contribution in [3.05, 3.63) is 47.3 Å². The average Bonchev–Trinajstić information content (AvgIpc) is 2.46. The second-order valence-corrected chi connectivity index (χ2v) is 6.84. The summed E-state index contributed by atoms with van der Waals surface area (Å²) in [5.74, 6) is -1.46. The number of hydrogen-bond acceptors (Lipinski definition) is 4. The third-order valence-electron chi connectivity index (χ3n) is 3.06. The Hall–Kier alpha value is -1.87. The summed E-state index contributed by atoms with van der Waals surface area (Å²) in [7, 11) is -5.92. The number of benzene rings is 1. The molecule has 1 atom stereocenters. The van der Waals surface area contributed by atoms with E-state index < -0.39 is 38.1 Å². The fourth-order valence-electron chi connectivity index (χ4n) is 1.95. The smallest absolute Gasteiger partial charge is 0.375 e. The largest absolute Gasteiger partial charge is 0.534 e. The summed E-state index contributed by atoms with van der Waals surface area (Å²) < 4.78 is 76.8. The normalized spacial score (nSPS) is 18.6. The molecule has 24 heavy (non-hydrogen) atoms. The van der Waals surface area contributed by atoms with Gasteiger partial charge < -0.3 is 4.18 Å². The molecule has 130 valence electrons. The quantitative estimate of drug-likeness (QED) is 0.259. The van der Waals surface area contributed by atoms with Crippen molar-refractivity contribution in [2.45, 2.75) is 17.3 Å². The lowest BCUT2D eigenvalue weighted by atomic mass is 9.97. The molecule has 0 N–H and O–H groups in total. The maximum atomic E-state index is 13.9. The topological polar surface area (TPSA) is 60.4 Å². The Balaban J connectivity index is 2.40. The monoisotopic (exact) mass is 384 g/mol. The fraction of sp³-hybridized carbons (Fsp3) is 0.214. The zero-order valence-corrected chi connectivity index (χ0v) is 13.3. The second-order valence-electron chi connectivity index (χ2n) is 4.74. The highest BCUT2D eigenvalue weighted by Crippen LogP contribution is 2.34. The van der Waals surface area contributed by atoms with Crippen LogP contribution >= 0.6 is 11.6 Å². The molecule has 2 rings (SSSR count). The summed E-state index contributed by atoms with van der Waals surface area (Å²) in [6, 6.07) is 3.02. The summed E-state index contributed by atoms with van der Waals surface area (Å²) in [6.07, 6.45) is 3.04. The molecule has 4 nitrogen and oxygen atoms in total. The maximum absolute atomic E-state index is 13.9. The first-order chi connectivity index (χ1) is 11.0. The first-order valence-electron chi connectivity index (χ1n) is 6.37. The Morgan fingerprint density at radius 3 is 2.50 bits per heavy atom. The molecular formula is C14H9ClF4O4S. The Kier molecular flexibility index (Phi) is 5.05. The summed E-state index contributed by atoms with van der Waals surface area (Å²) in [5.41, 5.74) is -5.84. The number of carbonyl (C=O) groups is 1. The van der Waals surface area contributed by atoms with Gasteiger partial charge >= 0.3 is 15.6 Å². The number of rotatable bonds is 4. The summed E-state index contributed by atoms with van der Waals surface area (Å²) >= 11 is 5.75. The third kappa shape index (κ3) is 3.78. The van der Waals surface area contributed by atoms with Gasteiger partial charge in [-0.15, -0.1) is 11.6 Å². The summed E-state index contributed by atoms with van der Waals surface area (Å²) in [4.78, 5) is 11.0. The molecule has 0 saturated heterocycles. The van der Waals surface area contributed by atoms with E-state index in [2.05, 4.69) is 4.18 Å². The molecule has 0 heterocycles. The molecule has 0 spiro atoms. The molecule has 1 aliphatic rings. The van der Waals surface area contributed by atoms with Crippen molar-refractivity contribution >= 4 is 33.6 Å². The molecule has 1 aliphatic carbocycles. The third-order valence-corrected chi connectivity index (χ3v) is 4.33. The molecule has 1 unspecified atom stereocenters. The van der Waals surface area contributed by atoms with Gasteiger partial charge in [0, 0.05) is 5.57 Å². The predicted octanol–water partition coefficient (Wildman–Crippen LogP) is 3.98. The lowest BCUT2D eigenvalue weighted by Gasteiger charge is -2.15. The van der Waals surface area contributed by atoms with Crippen LogP contribution < -0.4 is 4.18 Å². The van der Waals surface area contributed by atoms with Crippen LogP contribution in [0.25, 0.3) is 5.57 Å². The molecule has 0 fully saturated rings. The Bertz CT molecular complexity index is 828. The van der Waals surface area contributed by atoms with E-state index in [-0.39, 0.29) is 17.4 Å². The fourth-order valence-corrected chi connectivity index (χ4v) is 2.63. The van der Waals surface area contributed by atoms with Gasteiger partial charge in [-0.2, -0.15) is 21.6 Å². The highest BCUT2D eigenvalue weighted by atomic mass is 35.5. The van der Waals surface area contributed by atoms with Crippen LogP contribution in [0.15, 0.2) is 36.2 Å². The van der Waals surface area contributed by atoms with Gasteiger partial charge in [0.25, 0.3) is 0 Å². The zero-order chi connectivity index (χ0) is 18.1. The Morgan fingerprint density at radius 1 is 1.29 bits per heavy atom. The van der Waals surface area contributed by atoms with Gasteiger partial charge in [-0.3, -0.25) is 4.79 Å². The number of aldehydes is 1. The van der Waals surface area contributed by atoms with Crippen molar-refractivity contribution < 1.29 is 35.0 Å². The predicted molar refractivity (Wildman–Crippen MR) is 78.9 cm³/mol. The van der Waals surface area contributed by atoms with E-state index in [9.17, 15) is 30.8 Å². The van der Waals surface area contributed by atoms with Crippen LogP contribution in [0.2, 0.25) is 0 Å². The van der Waals surface area contributed by atoms with Crippen LogP contribution in [0, 0.1) is 0 Å². The highest BCUT2D eigenvalue weighted by Gasteiger charge is 2.48. The molecule has 0 radical (unpaired) electrons. The van der Waals surface area contributed by atoms with Gasteiger partial charge in [-0.1, -0.05) is 12.1 Å². The second kappa shape index (κ2) is 6.56. The van der Waals surface area contributed by atoms with Crippen molar-refractivity contribution in [2.75, 3.05) is 0 Å². The zero-order valence-electron chi connectivity index (χ0n) is 11.7. The van der Waals surface area contributed by atoms with Gasteiger partial charge in [0.2, 0.25) is 0 Å². The number of allylic oxidation sites excluding steroid dienone is 4. The van der Waals surface area contributed by atoms with Gasteiger partial charge in [0.1, 0.15) is 5.83 Å². The SMILES string of the molecule is O=Cc1cc(C2=CCC(Cl)C=C2F)ccc1OS(=O)(=O)C(F)(F)F. The first-order valence-corrected chi connectivity index (χ1v) is 8.22. The van der Waals surface area contributed by atoms with Crippen molar-refractivity contribution in [3.63, 3.8) is 0 Å². The van der Waals surface area contributed by atoms with E-state index in [1.807, 2.05) is 0 Å². The number of halogens is 5. The minimum Gasteiger partial charge on any atom is -0.375 e. The van der Waals surface area contributed by atoms with Crippen LogP contribution in [0.5, 0.6) is 5.75 Å². The van der Waals surface area contributed by atoms with Crippen LogP contribution in [0.4, 0.5) is 17.6 Å². The van der Waals surface area contributed by atoms with Crippen molar-refractivity contribution in [1.82, 2.24) is 0 Å².